The third kappa shape index (κ3) is 5.99. The Balaban J connectivity index is 1.76. The summed E-state index contributed by atoms with van der Waals surface area (Å²) in [6.07, 6.45) is 2.87. The minimum atomic E-state index is -3.78. The molecule has 32 heavy (non-hydrogen) atoms. The zero-order chi connectivity index (χ0) is 23.3. The molecule has 3 rings (SSSR count). The number of sulfonamides is 1. The van der Waals surface area contributed by atoms with Crippen molar-refractivity contribution < 1.29 is 22.7 Å². The summed E-state index contributed by atoms with van der Waals surface area (Å²) in [4.78, 5) is 25.7. The summed E-state index contributed by atoms with van der Waals surface area (Å²) in [5, 5.41) is 5.96. The predicted octanol–water partition coefficient (Wildman–Crippen LogP) is 3.04. The first-order chi connectivity index (χ1) is 15.2. The molecule has 0 saturated carbocycles. The Morgan fingerprint density at radius 2 is 1.88 bits per heavy atom. The van der Waals surface area contributed by atoms with E-state index in [2.05, 4.69) is 10.6 Å². The van der Waals surface area contributed by atoms with Crippen LogP contribution in [0.15, 0.2) is 48.5 Å². The van der Waals surface area contributed by atoms with Crippen LogP contribution in [0.3, 0.4) is 0 Å². The highest BCUT2D eigenvalue weighted by Crippen LogP contribution is 2.24. The van der Waals surface area contributed by atoms with Gasteiger partial charge in [-0.1, -0.05) is 23.7 Å². The molecule has 1 aliphatic rings. The van der Waals surface area contributed by atoms with Crippen molar-refractivity contribution in [3.8, 4) is 0 Å². The van der Waals surface area contributed by atoms with Crippen LogP contribution in [0.1, 0.15) is 30.1 Å². The number of nitrogens with zero attached hydrogens (tertiary/aromatic N) is 1. The van der Waals surface area contributed by atoms with Gasteiger partial charge in [0.25, 0.3) is 5.91 Å². The number of carbonyl (C=O) groups excluding carboxylic acids is 2. The fraction of sp³-hybridized carbons (Fsp3) is 0.364. The maximum Gasteiger partial charge on any atom is 0.253 e. The predicted molar refractivity (Wildman–Crippen MR) is 125 cm³/mol. The van der Waals surface area contributed by atoms with Gasteiger partial charge in [0.15, 0.2) is 0 Å². The first kappa shape index (κ1) is 24.0. The fourth-order valence-corrected chi connectivity index (χ4v) is 4.83. The van der Waals surface area contributed by atoms with Gasteiger partial charge in [0, 0.05) is 18.2 Å². The number of para-hydroxylation sites is 1. The van der Waals surface area contributed by atoms with E-state index in [1.54, 1.807) is 36.4 Å². The molecule has 0 aliphatic carbocycles. The summed E-state index contributed by atoms with van der Waals surface area (Å²) >= 11 is 5.90. The van der Waals surface area contributed by atoms with Gasteiger partial charge in [-0.05, 0) is 56.2 Å². The highest BCUT2D eigenvalue weighted by Gasteiger charge is 2.30. The molecular formula is C22H26ClN3O5S. The average molecular weight is 480 g/mol. The quantitative estimate of drug-likeness (QED) is 0.605. The number of nitrogens with one attached hydrogen (secondary N) is 2. The van der Waals surface area contributed by atoms with Gasteiger partial charge in [0.05, 0.1) is 29.3 Å². The molecule has 1 fully saturated rings. The van der Waals surface area contributed by atoms with Crippen molar-refractivity contribution in [2.45, 2.75) is 31.9 Å². The number of hydrogen-bond acceptors (Lipinski definition) is 5. The first-order valence-corrected chi connectivity index (χ1v) is 12.4. The normalized spacial score (nSPS) is 16.9. The Morgan fingerprint density at radius 1 is 1.19 bits per heavy atom. The molecule has 2 atom stereocenters. The molecule has 1 heterocycles. The summed E-state index contributed by atoms with van der Waals surface area (Å²) in [6, 6.07) is 11.6. The summed E-state index contributed by atoms with van der Waals surface area (Å²) in [6.45, 7) is 2.55. The van der Waals surface area contributed by atoms with Crippen LogP contribution in [0.25, 0.3) is 0 Å². The topological polar surface area (TPSA) is 105 Å². The SMILES string of the molecule is C[C@@H](C(=O)Nc1ccccc1C(=O)NC[C@@H]1CCCO1)N(c1ccc(Cl)cc1)S(C)(=O)=O. The van der Waals surface area contributed by atoms with Gasteiger partial charge in [-0.25, -0.2) is 8.42 Å². The molecule has 0 aromatic heterocycles. The van der Waals surface area contributed by atoms with Crippen molar-refractivity contribution in [2.75, 3.05) is 29.0 Å². The molecule has 2 aromatic rings. The van der Waals surface area contributed by atoms with Gasteiger partial charge in [-0.3, -0.25) is 13.9 Å². The second kappa shape index (κ2) is 10.3. The molecule has 0 spiro atoms. The Labute approximate surface area is 192 Å². The molecule has 1 aliphatic heterocycles. The number of ether oxygens (including phenoxy) is 1. The lowest BCUT2D eigenvalue weighted by Gasteiger charge is -2.28. The lowest BCUT2D eigenvalue weighted by Crippen LogP contribution is -2.45. The van der Waals surface area contributed by atoms with Crippen LogP contribution in [0.4, 0.5) is 11.4 Å². The Morgan fingerprint density at radius 3 is 2.50 bits per heavy atom. The van der Waals surface area contributed by atoms with Crippen LogP contribution >= 0.6 is 11.6 Å². The van der Waals surface area contributed by atoms with E-state index in [9.17, 15) is 18.0 Å². The van der Waals surface area contributed by atoms with Crippen LogP contribution < -0.4 is 14.9 Å². The van der Waals surface area contributed by atoms with Crippen LogP contribution in [-0.4, -0.2) is 51.8 Å². The summed E-state index contributed by atoms with van der Waals surface area (Å²) in [5.41, 5.74) is 0.879. The van der Waals surface area contributed by atoms with E-state index in [1.165, 1.54) is 19.1 Å². The van der Waals surface area contributed by atoms with E-state index < -0.39 is 22.0 Å². The smallest absolute Gasteiger partial charge is 0.253 e. The van der Waals surface area contributed by atoms with Crippen molar-refractivity contribution in [2.24, 2.45) is 0 Å². The summed E-state index contributed by atoms with van der Waals surface area (Å²) in [7, 11) is -3.78. The van der Waals surface area contributed by atoms with E-state index in [0.717, 1.165) is 23.4 Å². The van der Waals surface area contributed by atoms with E-state index >= 15 is 0 Å². The molecule has 2 N–H and O–H groups in total. The van der Waals surface area contributed by atoms with Gasteiger partial charge in [0.2, 0.25) is 15.9 Å². The van der Waals surface area contributed by atoms with Gasteiger partial charge in [0.1, 0.15) is 6.04 Å². The minimum absolute atomic E-state index is 0.0107. The molecule has 2 amide bonds. The second-order valence-electron chi connectivity index (χ2n) is 7.59. The average Bonchev–Trinajstić information content (AvgIpc) is 3.26. The van der Waals surface area contributed by atoms with Crippen molar-refractivity contribution in [1.29, 1.82) is 0 Å². The Bertz CT molecular complexity index is 1070. The van der Waals surface area contributed by atoms with E-state index in [0.29, 0.717) is 29.5 Å². The number of amides is 2. The molecular weight excluding hydrogens is 454 g/mol. The molecule has 2 aromatic carbocycles. The van der Waals surface area contributed by atoms with Gasteiger partial charge in [-0.2, -0.15) is 0 Å². The largest absolute Gasteiger partial charge is 0.376 e. The van der Waals surface area contributed by atoms with Crippen LogP contribution in [0, 0.1) is 0 Å². The van der Waals surface area contributed by atoms with E-state index in [-0.39, 0.29) is 17.6 Å². The number of rotatable bonds is 8. The third-order valence-corrected chi connectivity index (χ3v) is 6.61. The van der Waals surface area contributed by atoms with Gasteiger partial charge >= 0.3 is 0 Å². The Kier molecular flexibility index (Phi) is 7.76. The van der Waals surface area contributed by atoms with Crippen molar-refractivity contribution in [1.82, 2.24) is 5.32 Å². The maximum atomic E-state index is 13.0. The summed E-state index contributed by atoms with van der Waals surface area (Å²) < 4.78 is 31.4. The zero-order valence-electron chi connectivity index (χ0n) is 17.9. The molecule has 10 heteroatoms. The molecule has 0 unspecified atom stereocenters. The van der Waals surface area contributed by atoms with Crippen molar-refractivity contribution in [3.05, 3.63) is 59.1 Å². The summed E-state index contributed by atoms with van der Waals surface area (Å²) in [5.74, 6) is -0.925. The van der Waals surface area contributed by atoms with E-state index in [1.807, 2.05) is 0 Å². The number of benzene rings is 2. The zero-order valence-corrected chi connectivity index (χ0v) is 19.4. The molecule has 0 bridgehead atoms. The lowest BCUT2D eigenvalue weighted by molar-refractivity contribution is -0.116. The molecule has 172 valence electrons. The number of carbonyl (C=O) groups is 2. The van der Waals surface area contributed by atoms with Crippen LogP contribution in [0.2, 0.25) is 5.02 Å². The highest BCUT2D eigenvalue weighted by atomic mass is 35.5. The lowest BCUT2D eigenvalue weighted by atomic mass is 10.1. The standard InChI is InChI=1S/C22H26ClN3O5S/c1-15(26(32(2,29)30)17-11-9-16(23)10-12-17)21(27)25-20-8-4-3-7-19(20)22(28)24-14-18-6-5-13-31-18/h3-4,7-12,15,18H,5-6,13-14H2,1-2H3,(H,24,28)(H,25,27)/t15-,18-/m0/s1. The van der Waals surface area contributed by atoms with Gasteiger partial charge < -0.3 is 15.4 Å². The molecule has 1 saturated heterocycles. The minimum Gasteiger partial charge on any atom is -0.376 e. The Hall–Kier alpha value is -2.62. The number of anilines is 2. The monoisotopic (exact) mass is 479 g/mol. The van der Waals surface area contributed by atoms with Crippen LogP contribution in [0.5, 0.6) is 0 Å². The fourth-order valence-electron chi connectivity index (χ4n) is 3.53. The number of halogens is 1. The highest BCUT2D eigenvalue weighted by molar-refractivity contribution is 7.92. The van der Waals surface area contributed by atoms with Crippen molar-refractivity contribution >= 4 is 44.8 Å². The number of hydrogen-bond donors (Lipinski definition) is 2. The molecule has 8 nitrogen and oxygen atoms in total. The maximum absolute atomic E-state index is 13.0. The van der Waals surface area contributed by atoms with Crippen LogP contribution in [-0.2, 0) is 19.6 Å². The second-order valence-corrected chi connectivity index (χ2v) is 9.89. The first-order valence-electron chi connectivity index (χ1n) is 10.2. The van der Waals surface area contributed by atoms with Crippen molar-refractivity contribution in [3.63, 3.8) is 0 Å². The molecule has 0 radical (unpaired) electrons. The van der Waals surface area contributed by atoms with Gasteiger partial charge in [-0.15, -0.1) is 0 Å². The van der Waals surface area contributed by atoms with E-state index in [4.69, 9.17) is 16.3 Å². The third-order valence-electron chi connectivity index (χ3n) is 5.11.